The van der Waals surface area contributed by atoms with Crippen LogP contribution in [0.25, 0.3) is 0 Å². The van der Waals surface area contributed by atoms with Crippen molar-refractivity contribution in [1.82, 2.24) is 20.0 Å². The van der Waals surface area contributed by atoms with Gasteiger partial charge in [0.15, 0.2) is 0 Å². The lowest BCUT2D eigenvalue weighted by Gasteiger charge is -2.32. The Balaban J connectivity index is 1.40. The maximum absolute atomic E-state index is 13.9. The van der Waals surface area contributed by atoms with Gasteiger partial charge in [-0.05, 0) is 38.4 Å². The van der Waals surface area contributed by atoms with Gasteiger partial charge < -0.3 is 10.2 Å². The summed E-state index contributed by atoms with van der Waals surface area (Å²) in [6.45, 7) is 7.48. The van der Waals surface area contributed by atoms with Gasteiger partial charge >= 0.3 is 0 Å². The molecule has 1 aromatic rings. The van der Waals surface area contributed by atoms with Gasteiger partial charge in [0.1, 0.15) is 5.82 Å². The second-order valence-corrected chi connectivity index (χ2v) is 7.85. The van der Waals surface area contributed by atoms with Crippen molar-refractivity contribution in [1.29, 1.82) is 0 Å². The Kier molecular flexibility index (Phi) is 7.39. The molecule has 2 heterocycles. The van der Waals surface area contributed by atoms with Gasteiger partial charge in [-0.2, -0.15) is 0 Å². The molecule has 0 atom stereocenters. The molecule has 0 unspecified atom stereocenters. The zero-order valence-electron chi connectivity index (χ0n) is 16.7. The number of hydrogen-bond acceptors (Lipinski definition) is 4. The number of likely N-dealkylation sites (tertiary alicyclic amines) is 1. The van der Waals surface area contributed by atoms with Gasteiger partial charge in [0.05, 0.1) is 6.54 Å². The Bertz CT molecular complexity index is 676. The van der Waals surface area contributed by atoms with Crippen LogP contribution in [0, 0.1) is 5.82 Å². The van der Waals surface area contributed by atoms with Crippen molar-refractivity contribution >= 4 is 11.8 Å². The summed E-state index contributed by atoms with van der Waals surface area (Å²) in [6.07, 6.45) is 2.61. The van der Waals surface area contributed by atoms with Gasteiger partial charge in [-0.25, -0.2) is 4.39 Å². The van der Waals surface area contributed by atoms with E-state index in [1.165, 1.54) is 6.07 Å². The lowest BCUT2D eigenvalue weighted by molar-refractivity contribution is -0.130. The molecule has 0 spiro atoms. The molecule has 2 fully saturated rings. The van der Waals surface area contributed by atoms with E-state index < -0.39 is 0 Å². The van der Waals surface area contributed by atoms with Crippen molar-refractivity contribution in [2.24, 2.45) is 0 Å². The first-order valence-electron chi connectivity index (χ1n) is 10.2. The molecule has 0 aromatic heterocycles. The summed E-state index contributed by atoms with van der Waals surface area (Å²) in [6, 6.07) is 7.08. The zero-order valence-corrected chi connectivity index (χ0v) is 16.7. The van der Waals surface area contributed by atoms with Crippen LogP contribution in [0.5, 0.6) is 0 Å². The second kappa shape index (κ2) is 9.98. The van der Waals surface area contributed by atoms with Crippen LogP contribution in [0.15, 0.2) is 24.3 Å². The largest absolute Gasteiger partial charge is 0.352 e. The Morgan fingerprint density at radius 2 is 1.71 bits per heavy atom. The van der Waals surface area contributed by atoms with E-state index in [-0.39, 0.29) is 23.7 Å². The van der Waals surface area contributed by atoms with Crippen molar-refractivity contribution in [3.63, 3.8) is 0 Å². The molecular formula is C21H31FN4O2. The monoisotopic (exact) mass is 390 g/mol. The highest BCUT2D eigenvalue weighted by Crippen LogP contribution is 2.13. The maximum Gasteiger partial charge on any atom is 0.234 e. The average Bonchev–Trinajstić information content (AvgIpc) is 2.89. The molecule has 2 aliphatic rings. The summed E-state index contributed by atoms with van der Waals surface area (Å²) < 4.78 is 13.9. The SMILES string of the molecule is CC(=O)N1CCC(NC(=O)CN2CCCN(Cc3ccccc3F)CC2)CC1. The minimum absolute atomic E-state index is 0.0591. The van der Waals surface area contributed by atoms with E-state index >= 15 is 0 Å². The molecule has 2 aliphatic heterocycles. The third kappa shape index (κ3) is 6.01. The Morgan fingerprint density at radius 3 is 2.43 bits per heavy atom. The molecule has 2 saturated heterocycles. The van der Waals surface area contributed by atoms with E-state index in [2.05, 4.69) is 15.1 Å². The van der Waals surface area contributed by atoms with Crippen LogP contribution in [0.1, 0.15) is 31.7 Å². The van der Waals surface area contributed by atoms with Crippen LogP contribution in [0.2, 0.25) is 0 Å². The highest BCUT2D eigenvalue weighted by Gasteiger charge is 2.23. The van der Waals surface area contributed by atoms with E-state index in [0.29, 0.717) is 13.1 Å². The van der Waals surface area contributed by atoms with Crippen molar-refractivity contribution in [2.45, 2.75) is 38.8 Å². The standard InChI is InChI=1S/C21H31FN4O2/c1-17(27)26-11-7-19(8-12-26)23-21(28)16-25-10-4-9-24(13-14-25)15-18-5-2-3-6-20(18)22/h2-3,5-6,19H,4,7-16H2,1H3,(H,23,28). The number of benzene rings is 1. The van der Waals surface area contributed by atoms with E-state index in [4.69, 9.17) is 0 Å². The lowest BCUT2D eigenvalue weighted by atomic mass is 10.1. The molecule has 28 heavy (non-hydrogen) atoms. The van der Waals surface area contributed by atoms with Gasteiger partial charge in [0, 0.05) is 51.3 Å². The predicted octanol–water partition coefficient (Wildman–Crippen LogP) is 1.46. The molecule has 1 aromatic carbocycles. The fourth-order valence-corrected chi connectivity index (χ4v) is 4.02. The third-order valence-corrected chi connectivity index (χ3v) is 5.71. The highest BCUT2D eigenvalue weighted by molar-refractivity contribution is 5.78. The Hall–Kier alpha value is -1.99. The molecule has 2 amide bonds. The molecule has 3 rings (SSSR count). The van der Waals surface area contributed by atoms with E-state index in [1.807, 2.05) is 17.0 Å². The summed E-state index contributed by atoms with van der Waals surface area (Å²) in [4.78, 5) is 30.1. The number of nitrogens with zero attached hydrogens (tertiary/aromatic N) is 3. The summed E-state index contributed by atoms with van der Waals surface area (Å²) in [5.41, 5.74) is 0.727. The molecule has 1 N–H and O–H groups in total. The minimum atomic E-state index is -0.154. The number of carbonyl (C=O) groups is 2. The number of rotatable bonds is 5. The normalized spacial score (nSPS) is 20.0. The van der Waals surface area contributed by atoms with Crippen molar-refractivity contribution < 1.29 is 14.0 Å². The topological polar surface area (TPSA) is 55.9 Å². The van der Waals surface area contributed by atoms with E-state index in [9.17, 15) is 14.0 Å². The molecular weight excluding hydrogens is 359 g/mol. The number of hydrogen-bond donors (Lipinski definition) is 1. The lowest BCUT2D eigenvalue weighted by Crippen LogP contribution is -2.48. The molecule has 0 saturated carbocycles. The number of halogens is 1. The smallest absolute Gasteiger partial charge is 0.234 e. The maximum atomic E-state index is 13.9. The Labute approximate surface area is 166 Å². The van der Waals surface area contributed by atoms with Crippen LogP contribution in [-0.4, -0.2) is 78.4 Å². The quantitative estimate of drug-likeness (QED) is 0.827. The van der Waals surface area contributed by atoms with E-state index in [1.54, 1.807) is 13.0 Å². The number of amides is 2. The molecule has 154 valence electrons. The molecule has 0 bridgehead atoms. The third-order valence-electron chi connectivity index (χ3n) is 5.71. The number of carbonyl (C=O) groups excluding carboxylic acids is 2. The first kappa shape index (κ1) is 20.7. The van der Waals surface area contributed by atoms with Gasteiger partial charge in [-0.3, -0.25) is 19.4 Å². The van der Waals surface area contributed by atoms with Gasteiger partial charge in [0.25, 0.3) is 0 Å². The summed E-state index contributed by atoms with van der Waals surface area (Å²) in [5, 5.41) is 3.12. The number of piperidine rings is 1. The average molecular weight is 391 g/mol. The van der Waals surface area contributed by atoms with Gasteiger partial charge in [0.2, 0.25) is 11.8 Å². The highest BCUT2D eigenvalue weighted by atomic mass is 19.1. The van der Waals surface area contributed by atoms with Crippen molar-refractivity contribution in [3.05, 3.63) is 35.6 Å². The number of nitrogens with one attached hydrogen (secondary N) is 1. The molecule has 6 nitrogen and oxygen atoms in total. The van der Waals surface area contributed by atoms with Crippen LogP contribution in [0.3, 0.4) is 0 Å². The van der Waals surface area contributed by atoms with Crippen LogP contribution in [0.4, 0.5) is 4.39 Å². The fourth-order valence-electron chi connectivity index (χ4n) is 4.02. The van der Waals surface area contributed by atoms with Gasteiger partial charge in [-0.1, -0.05) is 18.2 Å². The van der Waals surface area contributed by atoms with Gasteiger partial charge in [-0.15, -0.1) is 0 Å². The van der Waals surface area contributed by atoms with Crippen molar-refractivity contribution in [2.75, 3.05) is 45.8 Å². The predicted molar refractivity (Wildman–Crippen MR) is 106 cm³/mol. The first-order chi connectivity index (χ1) is 13.5. The molecule has 0 aliphatic carbocycles. The first-order valence-corrected chi connectivity index (χ1v) is 10.2. The fraction of sp³-hybridized carbons (Fsp3) is 0.619. The Morgan fingerprint density at radius 1 is 1.04 bits per heavy atom. The van der Waals surface area contributed by atoms with Crippen LogP contribution >= 0.6 is 0 Å². The molecule has 0 radical (unpaired) electrons. The summed E-state index contributed by atoms with van der Waals surface area (Å²) in [7, 11) is 0. The van der Waals surface area contributed by atoms with Crippen molar-refractivity contribution in [3.8, 4) is 0 Å². The summed E-state index contributed by atoms with van der Waals surface area (Å²) >= 11 is 0. The van der Waals surface area contributed by atoms with E-state index in [0.717, 1.165) is 64.1 Å². The van der Waals surface area contributed by atoms with Crippen LogP contribution in [-0.2, 0) is 16.1 Å². The minimum Gasteiger partial charge on any atom is -0.352 e. The molecule has 7 heteroatoms. The summed E-state index contributed by atoms with van der Waals surface area (Å²) in [5.74, 6) is 0.0110. The zero-order chi connectivity index (χ0) is 19.9. The second-order valence-electron chi connectivity index (χ2n) is 7.85. The van der Waals surface area contributed by atoms with Crippen LogP contribution < -0.4 is 5.32 Å².